The molecule has 142 valence electrons. The van der Waals surface area contributed by atoms with E-state index < -0.39 is 5.97 Å². The molecule has 0 aromatic heterocycles. The highest BCUT2D eigenvalue weighted by molar-refractivity contribution is 5.95. The van der Waals surface area contributed by atoms with Crippen molar-refractivity contribution in [3.63, 3.8) is 0 Å². The summed E-state index contributed by atoms with van der Waals surface area (Å²) in [7, 11) is 0. The Morgan fingerprint density at radius 2 is 1.77 bits per heavy atom. The lowest BCUT2D eigenvalue weighted by Gasteiger charge is -2.31. The number of carbonyl (C=O) groups is 2. The second-order valence-electron chi connectivity index (χ2n) is 7.53. The van der Waals surface area contributed by atoms with Gasteiger partial charge in [-0.3, -0.25) is 9.59 Å². The van der Waals surface area contributed by atoms with Crippen LogP contribution in [0.2, 0.25) is 0 Å². The SMILES string of the molecule is O=C(O)C1CCC(Nc2cccc(C(=O)N3CCC(CO)CC3)c2)CC1. The molecule has 6 nitrogen and oxygen atoms in total. The summed E-state index contributed by atoms with van der Waals surface area (Å²) >= 11 is 0. The molecular weight excluding hydrogens is 332 g/mol. The van der Waals surface area contributed by atoms with Crippen LogP contribution in [0.5, 0.6) is 0 Å². The lowest BCUT2D eigenvalue weighted by Crippen LogP contribution is -2.39. The molecule has 26 heavy (non-hydrogen) atoms. The largest absolute Gasteiger partial charge is 0.481 e. The van der Waals surface area contributed by atoms with Gasteiger partial charge in [-0.2, -0.15) is 0 Å². The van der Waals surface area contributed by atoms with E-state index >= 15 is 0 Å². The molecule has 0 radical (unpaired) electrons. The molecule has 0 spiro atoms. The summed E-state index contributed by atoms with van der Waals surface area (Å²) in [6.07, 6.45) is 4.78. The predicted molar refractivity (Wildman–Crippen MR) is 99.2 cm³/mol. The summed E-state index contributed by atoms with van der Waals surface area (Å²) in [5.41, 5.74) is 1.59. The van der Waals surface area contributed by atoms with Crippen molar-refractivity contribution in [3.05, 3.63) is 29.8 Å². The zero-order chi connectivity index (χ0) is 18.5. The highest BCUT2D eigenvalue weighted by Crippen LogP contribution is 2.27. The van der Waals surface area contributed by atoms with E-state index in [1.807, 2.05) is 29.2 Å². The van der Waals surface area contributed by atoms with Gasteiger partial charge in [0.2, 0.25) is 0 Å². The molecule has 1 heterocycles. The first-order valence-corrected chi connectivity index (χ1v) is 9.56. The van der Waals surface area contributed by atoms with Gasteiger partial charge in [0.1, 0.15) is 0 Å². The standard InChI is InChI=1S/C20H28N2O4/c23-13-14-8-10-22(11-9-14)19(24)16-2-1-3-18(12-16)21-17-6-4-15(5-7-17)20(25)26/h1-3,12,14-15,17,21,23H,4-11,13H2,(H,25,26). The van der Waals surface area contributed by atoms with Gasteiger partial charge >= 0.3 is 5.97 Å². The minimum absolute atomic E-state index is 0.0413. The molecule has 1 aliphatic carbocycles. The summed E-state index contributed by atoms with van der Waals surface area (Å²) in [6.45, 7) is 1.59. The molecule has 2 fully saturated rings. The van der Waals surface area contributed by atoms with Gasteiger partial charge in [0.05, 0.1) is 5.92 Å². The molecular formula is C20H28N2O4. The van der Waals surface area contributed by atoms with Crippen LogP contribution in [-0.2, 0) is 4.79 Å². The first-order chi connectivity index (χ1) is 12.6. The van der Waals surface area contributed by atoms with Crippen molar-refractivity contribution in [1.82, 2.24) is 4.90 Å². The number of hydrogen-bond donors (Lipinski definition) is 3. The van der Waals surface area contributed by atoms with Gasteiger partial charge in [-0.1, -0.05) is 6.07 Å². The summed E-state index contributed by atoms with van der Waals surface area (Å²) in [4.78, 5) is 25.6. The number of carboxylic acids is 1. The van der Waals surface area contributed by atoms with Crippen LogP contribution in [0, 0.1) is 11.8 Å². The summed E-state index contributed by atoms with van der Waals surface area (Å²) in [6, 6.07) is 7.84. The number of piperidine rings is 1. The Morgan fingerprint density at radius 1 is 1.08 bits per heavy atom. The van der Waals surface area contributed by atoms with E-state index in [-0.39, 0.29) is 24.5 Å². The number of carbonyl (C=O) groups excluding carboxylic acids is 1. The number of amides is 1. The van der Waals surface area contributed by atoms with Gasteiger partial charge in [0.25, 0.3) is 5.91 Å². The van der Waals surface area contributed by atoms with Crippen molar-refractivity contribution >= 4 is 17.6 Å². The fourth-order valence-electron chi connectivity index (χ4n) is 3.96. The minimum Gasteiger partial charge on any atom is -0.481 e. The van der Waals surface area contributed by atoms with Crippen LogP contribution >= 0.6 is 0 Å². The van der Waals surface area contributed by atoms with E-state index in [9.17, 15) is 14.7 Å². The molecule has 1 amide bonds. The van der Waals surface area contributed by atoms with E-state index in [4.69, 9.17) is 5.11 Å². The Labute approximate surface area is 154 Å². The van der Waals surface area contributed by atoms with Crippen LogP contribution in [0.25, 0.3) is 0 Å². The van der Waals surface area contributed by atoms with Gasteiger partial charge in [0.15, 0.2) is 0 Å². The summed E-state index contributed by atoms with van der Waals surface area (Å²) in [5.74, 6) is -0.559. The average Bonchev–Trinajstić information content (AvgIpc) is 2.68. The van der Waals surface area contributed by atoms with Gasteiger partial charge < -0.3 is 20.4 Å². The first-order valence-electron chi connectivity index (χ1n) is 9.56. The number of hydrogen-bond acceptors (Lipinski definition) is 4. The molecule has 1 aromatic carbocycles. The van der Waals surface area contributed by atoms with E-state index in [2.05, 4.69) is 5.32 Å². The Morgan fingerprint density at radius 3 is 2.38 bits per heavy atom. The highest BCUT2D eigenvalue weighted by atomic mass is 16.4. The smallest absolute Gasteiger partial charge is 0.306 e. The van der Waals surface area contributed by atoms with E-state index in [0.29, 0.717) is 37.4 Å². The number of aliphatic hydroxyl groups is 1. The van der Waals surface area contributed by atoms with Crippen molar-refractivity contribution in [1.29, 1.82) is 0 Å². The Bertz CT molecular complexity index is 632. The van der Waals surface area contributed by atoms with Crippen molar-refractivity contribution in [2.24, 2.45) is 11.8 Å². The van der Waals surface area contributed by atoms with Crippen molar-refractivity contribution < 1.29 is 19.8 Å². The number of nitrogens with zero attached hydrogens (tertiary/aromatic N) is 1. The zero-order valence-electron chi connectivity index (χ0n) is 15.1. The van der Waals surface area contributed by atoms with Gasteiger partial charge in [0, 0.05) is 37.0 Å². The van der Waals surface area contributed by atoms with Crippen molar-refractivity contribution in [2.45, 2.75) is 44.6 Å². The third kappa shape index (κ3) is 4.55. The normalized spacial score (nSPS) is 24.3. The summed E-state index contributed by atoms with van der Waals surface area (Å²) < 4.78 is 0. The van der Waals surface area contributed by atoms with Crippen LogP contribution < -0.4 is 5.32 Å². The maximum atomic E-state index is 12.7. The number of aliphatic hydroxyl groups excluding tert-OH is 1. The monoisotopic (exact) mass is 360 g/mol. The lowest BCUT2D eigenvalue weighted by molar-refractivity contribution is -0.142. The number of rotatable bonds is 5. The van der Waals surface area contributed by atoms with E-state index in [1.54, 1.807) is 0 Å². The second kappa shape index (κ2) is 8.54. The number of aliphatic carboxylic acids is 1. The molecule has 0 bridgehead atoms. The third-order valence-electron chi connectivity index (χ3n) is 5.72. The molecule has 0 unspecified atom stereocenters. The molecule has 3 rings (SSSR count). The Hall–Kier alpha value is -2.08. The number of anilines is 1. The second-order valence-corrected chi connectivity index (χ2v) is 7.53. The topological polar surface area (TPSA) is 89.9 Å². The quantitative estimate of drug-likeness (QED) is 0.751. The van der Waals surface area contributed by atoms with Crippen LogP contribution in [-0.4, -0.2) is 52.7 Å². The van der Waals surface area contributed by atoms with Crippen molar-refractivity contribution in [2.75, 3.05) is 25.0 Å². The predicted octanol–water partition coefficient (Wildman–Crippen LogP) is 2.59. The third-order valence-corrected chi connectivity index (χ3v) is 5.72. The molecule has 1 aromatic rings. The van der Waals surface area contributed by atoms with E-state index in [0.717, 1.165) is 31.4 Å². The maximum absolute atomic E-state index is 12.7. The molecule has 1 saturated heterocycles. The van der Waals surface area contributed by atoms with Crippen LogP contribution in [0.4, 0.5) is 5.69 Å². The number of likely N-dealkylation sites (tertiary alicyclic amines) is 1. The van der Waals surface area contributed by atoms with Gasteiger partial charge in [-0.25, -0.2) is 0 Å². The molecule has 1 aliphatic heterocycles. The maximum Gasteiger partial charge on any atom is 0.306 e. The van der Waals surface area contributed by atoms with Crippen LogP contribution in [0.15, 0.2) is 24.3 Å². The number of benzene rings is 1. The lowest BCUT2D eigenvalue weighted by atomic mass is 9.86. The molecule has 6 heteroatoms. The van der Waals surface area contributed by atoms with Gasteiger partial charge in [-0.15, -0.1) is 0 Å². The highest BCUT2D eigenvalue weighted by Gasteiger charge is 2.26. The molecule has 3 N–H and O–H groups in total. The van der Waals surface area contributed by atoms with Crippen LogP contribution in [0.3, 0.4) is 0 Å². The Balaban J connectivity index is 1.56. The van der Waals surface area contributed by atoms with E-state index in [1.165, 1.54) is 0 Å². The molecule has 2 aliphatic rings. The Kier molecular flexibility index (Phi) is 6.14. The first kappa shape index (κ1) is 18.7. The molecule has 0 atom stereocenters. The number of nitrogens with one attached hydrogen (secondary N) is 1. The fourth-order valence-corrected chi connectivity index (χ4v) is 3.96. The number of carboxylic acid groups (broad SMARTS) is 1. The molecule has 1 saturated carbocycles. The van der Waals surface area contributed by atoms with Crippen LogP contribution in [0.1, 0.15) is 48.9 Å². The summed E-state index contributed by atoms with van der Waals surface area (Å²) in [5, 5.41) is 21.8. The zero-order valence-corrected chi connectivity index (χ0v) is 15.1. The van der Waals surface area contributed by atoms with Gasteiger partial charge in [-0.05, 0) is 62.6 Å². The fraction of sp³-hybridized carbons (Fsp3) is 0.600. The van der Waals surface area contributed by atoms with Crippen molar-refractivity contribution in [3.8, 4) is 0 Å². The average molecular weight is 360 g/mol. The minimum atomic E-state index is -0.694.